The summed E-state index contributed by atoms with van der Waals surface area (Å²) in [6, 6.07) is 20.0. The lowest BCUT2D eigenvalue weighted by Gasteiger charge is -2.18. The summed E-state index contributed by atoms with van der Waals surface area (Å²) >= 11 is 8.43. The van der Waals surface area contributed by atoms with E-state index in [1.165, 1.54) is 17.3 Å². The van der Waals surface area contributed by atoms with Crippen molar-refractivity contribution in [3.8, 4) is 0 Å². The largest absolute Gasteiger partial charge is 0.450 e. The topological polar surface area (TPSA) is 33.5 Å². The van der Waals surface area contributed by atoms with Gasteiger partial charge in [0.25, 0.3) is 5.91 Å². The first-order chi connectivity index (χ1) is 14.0. The van der Waals surface area contributed by atoms with E-state index in [1.807, 2.05) is 62.4 Å². The first-order valence-corrected chi connectivity index (χ1v) is 11.3. The minimum atomic E-state index is -0.108. The third-order valence-electron chi connectivity index (χ3n) is 4.71. The highest BCUT2D eigenvalue weighted by Gasteiger charge is 2.34. The Morgan fingerprint density at radius 3 is 2.66 bits per heavy atom. The van der Waals surface area contributed by atoms with E-state index in [4.69, 9.17) is 16.6 Å². The number of aryl methyl sites for hydroxylation is 1. The molecule has 1 saturated heterocycles. The van der Waals surface area contributed by atoms with Gasteiger partial charge in [-0.1, -0.05) is 78.2 Å². The molecule has 1 aromatic heterocycles. The van der Waals surface area contributed by atoms with Crippen molar-refractivity contribution in [1.29, 1.82) is 0 Å². The predicted octanol–water partition coefficient (Wildman–Crippen LogP) is 6.59. The lowest BCUT2D eigenvalue weighted by Crippen LogP contribution is -2.28. The summed E-state index contributed by atoms with van der Waals surface area (Å²) in [5.41, 5.74) is 4.27. The van der Waals surface area contributed by atoms with E-state index in [0.717, 1.165) is 27.7 Å². The van der Waals surface area contributed by atoms with Crippen molar-refractivity contribution in [2.24, 2.45) is 0 Å². The van der Waals surface area contributed by atoms with E-state index in [0.29, 0.717) is 15.0 Å². The summed E-state index contributed by atoms with van der Waals surface area (Å²) in [6.07, 6.45) is 1.77. The van der Waals surface area contributed by atoms with Gasteiger partial charge in [-0.25, -0.2) is 0 Å². The van der Waals surface area contributed by atoms with Gasteiger partial charge in [0, 0.05) is 11.8 Å². The SMILES string of the molecule is Cc1cccc(N2C(=O)C(=Cc3ccc(SCc4ccccc4)o3)SC2=S)c1C. The molecule has 146 valence electrons. The van der Waals surface area contributed by atoms with Gasteiger partial charge in [-0.05, 0) is 48.7 Å². The van der Waals surface area contributed by atoms with Crippen LogP contribution in [-0.2, 0) is 10.5 Å². The minimum absolute atomic E-state index is 0.108. The summed E-state index contributed by atoms with van der Waals surface area (Å²) in [6.45, 7) is 4.04. The van der Waals surface area contributed by atoms with Crippen molar-refractivity contribution < 1.29 is 9.21 Å². The lowest BCUT2D eigenvalue weighted by molar-refractivity contribution is -0.113. The molecule has 1 amide bonds. The Labute approximate surface area is 184 Å². The third-order valence-corrected chi connectivity index (χ3v) is 6.99. The van der Waals surface area contributed by atoms with Crippen molar-refractivity contribution in [2.75, 3.05) is 4.90 Å². The number of benzene rings is 2. The maximum atomic E-state index is 13.0. The number of carbonyl (C=O) groups excluding carboxylic acids is 1. The Kier molecular flexibility index (Phi) is 5.94. The Hall–Kier alpha value is -2.28. The van der Waals surface area contributed by atoms with Crippen LogP contribution in [0.2, 0.25) is 0 Å². The molecule has 1 aliphatic heterocycles. The fraction of sp³-hybridized carbons (Fsp3) is 0.130. The predicted molar refractivity (Wildman–Crippen MR) is 126 cm³/mol. The van der Waals surface area contributed by atoms with Crippen molar-refractivity contribution in [3.63, 3.8) is 0 Å². The van der Waals surface area contributed by atoms with E-state index in [2.05, 4.69) is 12.1 Å². The smallest absolute Gasteiger partial charge is 0.270 e. The highest BCUT2D eigenvalue weighted by Crippen LogP contribution is 2.38. The number of anilines is 1. The quantitative estimate of drug-likeness (QED) is 0.255. The second-order valence-corrected chi connectivity index (χ2v) is 9.32. The van der Waals surface area contributed by atoms with E-state index in [9.17, 15) is 4.79 Å². The van der Waals surface area contributed by atoms with Gasteiger partial charge in [-0.3, -0.25) is 9.69 Å². The van der Waals surface area contributed by atoms with Crippen LogP contribution in [0, 0.1) is 13.8 Å². The molecule has 1 aliphatic rings. The van der Waals surface area contributed by atoms with E-state index >= 15 is 0 Å². The molecule has 3 nitrogen and oxygen atoms in total. The van der Waals surface area contributed by atoms with Crippen LogP contribution in [0.1, 0.15) is 22.5 Å². The second-order valence-electron chi connectivity index (χ2n) is 6.67. The Bertz CT molecular complexity index is 1100. The number of amides is 1. The maximum absolute atomic E-state index is 13.0. The number of hydrogen-bond acceptors (Lipinski definition) is 5. The molecule has 0 atom stereocenters. The normalized spacial score (nSPS) is 15.5. The second kappa shape index (κ2) is 8.61. The van der Waals surface area contributed by atoms with Gasteiger partial charge in [0.15, 0.2) is 9.41 Å². The van der Waals surface area contributed by atoms with Gasteiger partial charge in [0.1, 0.15) is 5.76 Å². The van der Waals surface area contributed by atoms with Gasteiger partial charge < -0.3 is 4.42 Å². The first kappa shape index (κ1) is 20.0. The molecule has 29 heavy (non-hydrogen) atoms. The molecule has 4 rings (SSSR count). The summed E-state index contributed by atoms with van der Waals surface area (Å²) in [5, 5.41) is 0.824. The molecule has 0 unspecified atom stereocenters. The van der Waals surface area contributed by atoms with Crippen LogP contribution >= 0.6 is 35.7 Å². The fourth-order valence-electron chi connectivity index (χ4n) is 3.00. The molecule has 0 aliphatic carbocycles. The highest BCUT2D eigenvalue weighted by molar-refractivity contribution is 8.27. The van der Waals surface area contributed by atoms with E-state index in [-0.39, 0.29) is 5.91 Å². The summed E-state index contributed by atoms with van der Waals surface area (Å²) in [4.78, 5) is 15.2. The molecule has 2 heterocycles. The average Bonchev–Trinajstić information content (AvgIpc) is 3.28. The van der Waals surface area contributed by atoms with Gasteiger partial charge in [-0.15, -0.1) is 0 Å². The van der Waals surface area contributed by atoms with E-state index in [1.54, 1.807) is 22.7 Å². The van der Waals surface area contributed by atoms with Gasteiger partial charge in [0.05, 0.1) is 10.6 Å². The third kappa shape index (κ3) is 4.34. The standard InChI is InChI=1S/C23H19NO2S3/c1-15-7-6-10-19(16(15)2)24-22(25)20(29-23(24)27)13-18-11-12-21(26-18)28-14-17-8-4-3-5-9-17/h3-13H,14H2,1-2H3. The minimum Gasteiger partial charge on any atom is -0.450 e. The van der Waals surface area contributed by atoms with Crippen molar-refractivity contribution in [3.05, 3.63) is 88.0 Å². The number of hydrogen-bond donors (Lipinski definition) is 0. The summed E-state index contributed by atoms with van der Waals surface area (Å²) in [5.74, 6) is 1.38. The number of rotatable bonds is 5. The van der Waals surface area contributed by atoms with Crippen LogP contribution in [0.4, 0.5) is 5.69 Å². The van der Waals surface area contributed by atoms with Crippen LogP contribution in [0.3, 0.4) is 0 Å². The Morgan fingerprint density at radius 2 is 1.86 bits per heavy atom. The van der Waals surface area contributed by atoms with Crippen molar-refractivity contribution >= 4 is 57.7 Å². The Balaban J connectivity index is 1.50. The highest BCUT2D eigenvalue weighted by atomic mass is 32.2. The molecule has 0 N–H and O–H groups in total. The zero-order chi connectivity index (χ0) is 20.4. The molecule has 3 aromatic rings. The van der Waals surface area contributed by atoms with Crippen LogP contribution in [0.25, 0.3) is 6.08 Å². The molecule has 2 aromatic carbocycles. The molecular weight excluding hydrogens is 418 g/mol. The zero-order valence-electron chi connectivity index (χ0n) is 16.0. The number of nitrogens with zero attached hydrogens (tertiary/aromatic N) is 1. The molecule has 6 heteroatoms. The number of furan rings is 1. The fourth-order valence-corrected chi connectivity index (χ4v) is 5.09. The van der Waals surface area contributed by atoms with Crippen LogP contribution < -0.4 is 4.90 Å². The van der Waals surface area contributed by atoms with Gasteiger partial charge >= 0.3 is 0 Å². The lowest BCUT2D eigenvalue weighted by atomic mass is 10.1. The first-order valence-electron chi connectivity index (χ1n) is 9.13. The summed E-state index contributed by atoms with van der Waals surface area (Å²) in [7, 11) is 0. The molecule has 1 fully saturated rings. The average molecular weight is 438 g/mol. The van der Waals surface area contributed by atoms with Crippen molar-refractivity contribution in [1.82, 2.24) is 0 Å². The maximum Gasteiger partial charge on any atom is 0.270 e. The molecule has 0 bridgehead atoms. The Morgan fingerprint density at radius 1 is 1.07 bits per heavy atom. The molecular formula is C23H19NO2S3. The molecule has 0 radical (unpaired) electrons. The van der Waals surface area contributed by atoms with Gasteiger partial charge in [0.2, 0.25) is 0 Å². The zero-order valence-corrected chi connectivity index (χ0v) is 18.5. The number of thioether (sulfide) groups is 2. The summed E-state index contributed by atoms with van der Waals surface area (Å²) < 4.78 is 6.44. The number of thiocarbonyl (C=S) groups is 1. The van der Waals surface area contributed by atoms with Gasteiger partial charge in [-0.2, -0.15) is 0 Å². The molecule has 0 saturated carbocycles. The van der Waals surface area contributed by atoms with Crippen LogP contribution in [0.5, 0.6) is 0 Å². The van der Waals surface area contributed by atoms with E-state index < -0.39 is 0 Å². The number of carbonyl (C=O) groups is 1. The van der Waals surface area contributed by atoms with Crippen LogP contribution in [-0.4, -0.2) is 10.2 Å². The molecule has 0 spiro atoms. The monoisotopic (exact) mass is 437 g/mol. The van der Waals surface area contributed by atoms with Crippen molar-refractivity contribution in [2.45, 2.75) is 24.7 Å². The van der Waals surface area contributed by atoms with Crippen LogP contribution in [0.15, 0.2) is 75.1 Å².